The second kappa shape index (κ2) is 5.27. The fourth-order valence-corrected chi connectivity index (χ4v) is 2.31. The Morgan fingerprint density at radius 3 is 2.50 bits per heavy atom. The summed E-state index contributed by atoms with van der Waals surface area (Å²) in [6.07, 6.45) is 0.938. The minimum Gasteiger partial charge on any atom is -0.373 e. The van der Waals surface area contributed by atoms with E-state index >= 15 is 0 Å². The molecule has 1 aliphatic rings. The Bertz CT molecular complexity index is 544. The maximum atomic E-state index is 11.8. The first-order valence-corrected chi connectivity index (χ1v) is 6.99. The van der Waals surface area contributed by atoms with Crippen molar-refractivity contribution in [3.05, 3.63) is 29.3 Å². The average Bonchev–Trinajstić information content (AvgIpc) is 2.33. The van der Waals surface area contributed by atoms with Crippen LogP contribution in [0.2, 0.25) is 0 Å². The highest BCUT2D eigenvalue weighted by Crippen LogP contribution is 2.27. The van der Waals surface area contributed by atoms with Crippen molar-refractivity contribution in [2.24, 2.45) is 0 Å². The van der Waals surface area contributed by atoms with E-state index in [-0.39, 0.29) is 23.3 Å². The number of rotatable bonds is 2. The first-order chi connectivity index (χ1) is 9.27. The van der Waals surface area contributed by atoms with Gasteiger partial charge >= 0.3 is 0 Å². The number of imide groups is 1. The van der Waals surface area contributed by atoms with Crippen LogP contribution in [0.25, 0.3) is 0 Å². The van der Waals surface area contributed by atoms with E-state index in [9.17, 15) is 9.59 Å². The molecule has 1 aromatic rings. The zero-order chi connectivity index (χ0) is 14.9. The molecule has 0 radical (unpaired) electrons. The lowest BCUT2D eigenvalue weighted by Crippen LogP contribution is -2.47. The molecule has 0 spiro atoms. The van der Waals surface area contributed by atoms with Gasteiger partial charge in [-0.1, -0.05) is 32.9 Å². The first-order valence-electron chi connectivity index (χ1n) is 6.99. The fourth-order valence-electron chi connectivity index (χ4n) is 2.31. The summed E-state index contributed by atoms with van der Waals surface area (Å²) in [5, 5.41) is 5.60. The molecule has 1 saturated heterocycles. The molecular formula is C16H22N2O2. The van der Waals surface area contributed by atoms with Crippen molar-refractivity contribution in [3.8, 4) is 0 Å². The van der Waals surface area contributed by atoms with Gasteiger partial charge in [0, 0.05) is 12.1 Å². The average molecular weight is 274 g/mol. The van der Waals surface area contributed by atoms with Gasteiger partial charge in [-0.2, -0.15) is 0 Å². The third-order valence-corrected chi connectivity index (χ3v) is 3.66. The zero-order valence-corrected chi connectivity index (χ0v) is 12.5. The Morgan fingerprint density at radius 1 is 1.25 bits per heavy atom. The topological polar surface area (TPSA) is 58.2 Å². The summed E-state index contributed by atoms with van der Waals surface area (Å²) in [7, 11) is 0. The van der Waals surface area contributed by atoms with Gasteiger partial charge in [-0.3, -0.25) is 14.9 Å². The predicted octanol–water partition coefficient (Wildman–Crippen LogP) is 2.51. The Balaban J connectivity index is 2.14. The van der Waals surface area contributed by atoms with E-state index < -0.39 is 0 Å². The molecule has 0 aliphatic carbocycles. The van der Waals surface area contributed by atoms with Crippen LogP contribution in [-0.2, 0) is 15.0 Å². The van der Waals surface area contributed by atoms with E-state index in [1.807, 2.05) is 13.0 Å². The lowest BCUT2D eigenvalue weighted by atomic mass is 9.86. The molecule has 0 saturated carbocycles. The molecule has 2 amide bonds. The summed E-state index contributed by atoms with van der Waals surface area (Å²) < 4.78 is 0. The van der Waals surface area contributed by atoms with Crippen molar-refractivity contribution in [2.45, 2.75) is 52.0 Å². The molecule has 1 aromatic carbocycles. The van der Waals surface area contributed by atoms with Crippen LogP contribution in [0.15, 0.2) is 18.2 Å². The molecule has 2 rings (SSSR count). The van der Waals surface area contributed by atoms with Crippen molar-refractivity contribution < 1.29 is 9.59 Å². The SMILES string of the molecule is Cc1cc(C(C)(C)C)ccc1NC1CCC(=O)NC1=O. The molecular weight excluding hydrogens is 252 g/mol. The molecule has 1 aliphatic heterocycles. The molecule has 1 unspecified atom stereocenters. The predicted molar refractivity (Wildman–Crippen MR) is 79.7 cm³/mol. The van der Waals surface area contributed by atoms with Crippen LogP contribution in [0.3, 0.4) is 0 Å². The van der Waals surface area contributed by atoms with Gasteiger partial charge in [0.1, 0.15) is 6.04 Å². The van der Waals surface area contributed by atoms with Crippen LogP contribution < -0.4 is 10.6 Å². The molecule has 0 aromatic heterocycles. The maximum Gasteiger partial charge on any atom is 0.249 e. The van der Waals surface area contributed by atoms with E-state index in [0.717, 1.165) is 11.3 Å². The van der Waals surface area contributed by atoms with Gasteiger partial charge in [-0.15, -0.1) is 0 Å². The summed E-state index contributed by atoms with van der Waals surface area (Å²) in [5.74, 6) is -0.423. The number of amides is 2. The summed E-state index contributed by atoms with van der Waals surface area (Å²) in [6, 6.07) is 5.92. The van der Waals surface area contributed by atoms with Gasteiger partial charge in [0.25, 0.3) is 0 Å². The molecule has 0 bridgehead atoms. The summed E-state index contributed by atoms with van der Waals surface area (Å²) in [5.41, 5.74) is 3.44. The molecule has 1 heterocycles. The van der Waals surface area contributed by atoms with Crippen molar-refractivity contribution in [1.82, 2.24) is 5.32 Å². The smallest absolute Gasteiger partial charge is 0.249 e. The van der Waals surface area contributed by atoms with Crippen LogP contribution in [0, 0.1) is 6.92 Å². The largest absolute Gasteiger partial charge is 0.373 e. The van der Waals surface area contributed by atoms with Gasteiger partial charge < -0.3 is 5.32 Å². The van der Waals surface area contributed by atoms with Crippen LogP contribution in [0.4, 0.5) is 5.69 Å². The molecule has 4 nitrogen and oxygen atoms in total. The summed E-state index contributed by atoms with van der Waals surface area (Å²) in [6.45, 7) is 8.56. The Labute approximate surface area is 119 Å². The zero-order valence-electron chi connectivity index (χ0n) is 12.5. The van der Waals surface area contributed by atoms with Gasteiger partial charge in [-0.05, 0) is 36.0 Å². The summed E-state index contributed by atoms with van der Waals surface area (Å²) >= 11 is 0. The lowest BCUT2D eigenvalue weighted by Gasteiger charge is -2.25. The molecule has 108 valence electrons. The number of anilines is 1. The Kier molecular flexibility index (Phi) is 3.84. The van der Waals surface area contributed by atoms with Crippen molar-refractivity contribution >= 4 is 17.5 Å². The van der Waals surface area contributed by atoms with Crippen molar-refractivity contribution in [3.63, 3.8) is 0 Å². The molecule has 2 N–H and O–H groups in total. The highest BCUT2D eigenvalue weighted by atomic mass is 16.2. The first kappa shape index (κ1) is 14.6. The van der Waals surface area contributed by atoms with Crippen LogP contribution in [0.1, 0.15) is 44.7 Å². The van der Waals surface area contributed by atoms with Crippen molar-refractivity contribution in [1.29, 1.82) is 0 Å². The number of benzene rings is 1. The normalized spacial score (nSPS) is 19.7. The number of aryl methyl sites for hydroxylation is 1. The quantitative estimate of drug-likeness (QED) is 0.815. The van der Waals surface area contributed by atoms with E-state index in [2.05, 4.69) is 43.5 Å². The summed E-state index contributed by atoms with van der Waals surface area (Å²) in [4.78, 5) is 22.9. The highest BCUT2D eigenvalue weighted by Gasteiger charge is 2.26. The highest BCUT2D eigenvalue weighted by molar-refractivity contribution is 6.01. The van der Waals surface area contributed by atoms with E-state index in [1.54, 1.807) is 0 Å². The minimum absolute atomic E-state index is 0.109. The minimum atomic E-state index is -0.327. The Hall–Kier alpha value is -1.84. The molecule has 1 atom stereocenters. The molecule has 20 heavy (non-hydrogen) atoms. The third-order valence-electron chi connectivity index (χ3n) is 3.66. The van der Waals surface area contributed by atoms with E-state index in [1.165, 1.54) is 5.56 Å². The van der Waals surface area contributed by atoms with Crippen LogP contribution >= 0.6 is 0 Å². The molecule has 4 heteroatoms. The monoisotopic (exact) mass is 274 g/mol. The van der Waals surface area contributed by atoms with Crippen LogP contribution in [0.5, 0.6) is 0 Å². The number of carbonyl (C=O) groups excluding carboxylic acids is 2. The molecule has 1 fully saturated rings. The number of nitrogens with one attached hydrogen (secondary N) is 2. The number of carbonyl (C=O) groups is 2. The fraction of sp³-hybridized carbons (Fsp3) is 0.500. The van der Waals surface area contributed by atoms with Gasteiger partial charge in [0.15, 0.2) is 0 Å². The lowest BCUT2D eigenvalue weighted by molar-refractivity contribution is -0.133. The van der Waals surface area contributed by atoms with E-state index in [0.29, 0.717) is 12.8 Å². The van der Waals surface area contributed by atoms with Gasteiger partial charge in [0.2, 0.25) is 11.8 Å². The van der Waals surface area contributed by atoms with Crippen molar-refractivity contribution in [2.75, 3.05) is 5.32 Å². The second-order valence-electron chi connectivity index (χ2n) is 6.43. The Morgan fingerprint density at radius 2 is 1.95 bits per heavy atom. The third kappa shape index (κ3) is 3.18. The maximum absolute atomic E-state index is 11.8. The van der Waals surface area contributed by atoms with E-state index in [4.69, 9.17) is 0 Å². The van der Waals surface area contributed by atoms with Crippen LogP contribution in [-0.4, -0.2) is 17.9 Å². The number of hydrogen-bond donors (Lipinski definition) is 2. The second-order valence-corrected chi connectivity index (χ2v) is 6.43. The number of hydrogen-bond acceptors (Lipinski definition) is 3. The number of piperidine rings is 1. The standard InChI is InChI=1S/C16H22N2O2/c1-10-9-11(16(2,3)4)5-6-12(10)17-13-7-8-14(19)18-15(13)20/h5-6,9,13,17H,7-8H2,1-4H3,(H,18,19,20). The van der Waals surface area contributed by atoms with Gasteiger partial charge in [0.05, 0.1) is 0 Å². The van der Waals surface area contributed by atoms with Gasteiger partial charge in [-0.25, -0.2) is 0 Å².